The van der Waals surface area contributed by atoms with Crippen molar-refractivity contribution in [3.8, 4) is 51.1 Å². The minimum Gasteiger partial charge on any atom is -0.308 e. The fourth-order valence-corrected chi connectivity index (χ4v) is 6.45. The zero-order chi connectivity index (χ0) is 31.2. The van der Waals surface area contributed by atoms with E-state index in [1.54, 1.807) is 0 Å². The molecule has 0 saturated heterocycles. The van der Waals surface area contributed by atoms with Crippen LogP contribution in [0.5, 0.6) is 0 Å². The lowest BCUT2D eigenvalue weighted by molar-refractivity contribution is 1.05. The summed E-state index contributed by atoms with van der Waals surface area (Å²) in [5.41, 5.74) is 8.16. The SMILES string of the molecule is c1ccc(-c2ccc3c(c2)c2c4ccccc4ccc2n3-c2ccc(-c3nc(-c4ccccc4)nc(-c4ccccc4)n3)nc2)cc1. The number of aromatic nitrogens is 5. The van der Waals surface area contributed by atoms with E-state index in [4.69, 9.17) is 19.9 Å². The van der Waals surface area contributed by atoms with Gasteiger partial charge in [0.05, 0.1) is 22.9 Å². The molecule has 3 heterocycles. The van der Waals surface area contributed by atoms with Crippen molar-refractivity contribution in [2.45, 2.75) is 0 Å². The molecule has 9 rings (SSSR count). The minimum absolute atomic E-state index is 0.532. The Morgan fingerprint density at radius 3 is 1.66 bits per heavy atom. The van der Waals surface area contributed by atoms with Crippen molar-refractivity contribution < 1.29 is 0 Å². The van der Waals surface area contributed by atoms with Crippen LogP contribution in [0.4, 0.5) is 0 Å². The van der Waals surface area contributed by atoms with Crippen LogP contribution in [0.15, 0.2) is 164 Å². The monoisotopic (exact) mass is 601 g/mol. The maximum atomic E-state index is 4.94. The summed E-state index contributed by atoms with van der Waals surface area (Å²) >= 11 is 0. The first kappa shape index (κ1) is 26.9. The number of rotatable bonds is 5. The van der Waals surface area contributed by atoms with Gasteiger partial charge in [-0.05, 0) is 52.2 Å². The molecule has 0 saturated carbocycles. The molecular formula is C42H27N5. The Morgan fingerprint density at radius 2 is 1.00 bits per heavy atom. The lowest BCUT2D eigenvalue weighted by Crippen LogP contribution is -2.02. The Hall–Kier alpha value is -6.46. The third-order valence-electron chi connectivity index (χ3n) is 8.70. The number of fused-ring (bicyclic) bond motifs is 5. The molecule has 0 aliphatic heterocycles. The Bertz CT molecular complexity index is 2480. The van der Waals surface area contributed by atoms with Gasteiger partial charge in [-0.25, -0.2) is 15.0 Å². The predicted molar refractivity (Wildman–Crippen MR) is 191 cm³/mol. The van der Waals surface area contributed by atoms with Crippen molar-refractivity contribution in [2.24, 2.45) is 0 Å². The fraction of sp³-hybridized carbons (Fsp3) is 0. The van der Waals surface area contributed by atoms with Crippen LogP contribution in [0.2, 0.25) is 0 Å². The molecule has 220 valence electrons. The molecule has 0 aliphatic rings. The average Bonchev–Trinajstić information content (AvgIpc) is 3.50. The molecule has 0 bridgehead atoms. The van der Waals surface area contributed by atoms with Crippen LogP contribution in [0.3, 0.4) is 0 Å². The largest absolute Gasteiger partial charge is 0.308 e. The molecule has 0 amide bonds. The first-order chi connectivity index (χ1) is 23.3. The number of benzene rings is 6. The summed E-state index contributed by atoms with van der Waals surface area (Å²) in [6.07, 6.45) is 1.92. The molecule has 5 heteroatoms. The van der Waals surface area contributed by atoms with E-state index in [1.807, 2.05) is 72.9 Å². The van der Waals surface area contributed by atoms with Crippen LogP contribution >= 0.6 is 0 Å². The summed E-state index contributed by atoms with van der Waals surface area (Å²) in [7, 11) is 0. The molecule has 47 heavy (non-hydrogen) atoms. The number of hydrogen-bond acceptors (Lipinski definition) is 4. The van der Waals surface area contributed by atoms with Gasteiger partial charge in [-0.15, -0.1) is 0 Å². The average molecular weight is 602 g/mol. The molecule has 0 fully saturated rings. The molecule has 0 aliphatic carbocycles. The second kappa shape index (κ2) is 11.2. The van der Waals surface area contributed by atoms with E-state index in [1.165, 1.54) is 32.7 Å². The summed E-state index contributed by atoms with van der Waals surface area (Å²) < 4.78 is 2.31. The van der Waals surface area contributed by atoms with E-state index >= 15 is 0 Å². The first-order valence-corrected chi connectivity index (χ1v) is 15.7. The maximum absolute atomic E-state index is 4.94. The van der Waals surface area contributed by atoms with Gasteiger partial charge >= 0.3 is 0 Å². The molecule has 0 unspecified atom stereocenters. The molecule has 0 atom stereocenters. The second-order valence-corrected chi connectivity index (χ2v) is 11.6. The van der Waals surface area contributed by atoms with Gasteiger partial charge in [0.2, 0.25) is 0 Å². The quantitative estimate of drug-likeness (QED) is 0.197. The van der Waals surface area contributed by atoms with Gasteiger partial charge in [0, 0.05) is 21.9 Å². The van der Waals surface area contributed by atoms with Crippen LogP contribution in [0.1, 0.15) is 0 Å². The van der Waals surface area contributed by atoms with Gasteiger partial charge in [0.15, 0.2) is 17.5 Å². The first-order valence-electron chi connectivity index (χ1n) is 15.7. The van der Waals surface area contributed by atoms with Crippen molar-refractivity contribution in [3.05, 3.63) is 164 Å². The minimum atomic E-state index is 0.532. The van der Waals surface area contributed by atoms with Crippen molar-refractivity contribution in [1.29, 1.82) is 0 Å². The summed E-state index contributed by atoms with van der Waals surface area (Å²) in [5, 5.41) is 4.89. The highest BCUT2D eigenvalue weighted by atomic mass is 15.1. The Kier molecular flexibility index (Phi) is 6.39. The van der Waals surface area contributed by atoms with Gasteiger partial charge in [0.25, 0.3) is 0 Å². The van der Waals surface area contributed by atoms with Gasteiger partial charge in [0.1, 0.15) is 5.69 Å². The standard InChI is InChI=1S/C42H27N5/c1-4-12-28(13-5-1)32-21-24-37-35(26-32)39-34-19-11-10-14-29(34)20-25-38(39)47(37)33-22-23-36(43-27-33)42-45-40(30-15-6-2-7-16-30)44-41(46-42)31-17-8-3-9-18-31/h1-27H. The summed E-state index contributed by atoms with van der Waals surface area (Å²) in [4.78, 5) is 19.5. The lowest BCUT2D eigenvalue weighted by Gasteiger charge is -2.10. The molecular weight excluding hydrogens is 574 g/mol. The van der Waals surface area contributed by atoms with E-state index < -0.39 is 0 Å². The van der Waals surface area contributed by atoms with Crippen LogP contribution in [-0.2, 0) is 0 Å². The molecule has 0 radical (unpaired) electrons. The zero-order valence-corrected chi connectivity index (χ0v) is 25.3. The Morgan fingerprint density at radius 1 is 0.404 bits per heavy atom. The normalized spacial score (nSPS) is 11.4. The van der Waals surface area contributed by atoms with E-state index in [2.05, 4.69) is 95.6 Å². The highest BCUT2D eigenvalue weighted by Gasteiger charge is 2.17. The van der Waals surface area contributed by atoms with Crippen molar-refractivity contribution >= 4 is 32.6 Å². The highest BCUT2D eigenvalue weighted by molar-refractivity contribution is 6.21. The molecule has 3 aromatic heterocycles. The number of hydrogen-bond donors (Lipinski definition) is 0. The van der Waals surface area contributed by atoms with Gasteiger partial charge in [-0.2, -0.15) is 0 Å². The summed E-state index contributed by atoms with van der Waals surface area (Å²) in [6.45, 7) is 0. The van der Waals surface area contributed by atoms with Gasteiger partial charge < -0.3 is 4.57 Å². The van der Waals surface area contributed by atoms with Crippen molar-refractivity contribution in [3.63, 3.8) is 0 Å². The lowest BCUT2D eigenvalue weighted by atomic mass is 10.0. The van der Waals surface area contributed by atoms with E-state index in [-0.39, 0.29) is 0 Å². The second-order valence-electron chi connectivity index (χ2n) is 11.6. The molecule has 0 N–H and O–H groups in total. The van der Waals surface area contributed by atoms with Crippen LogP contribution in [-0.4, -0.2) is 24.5 Å². The van der Waals surface area contributed by atoms with Gasteiger partial charge in [-0.3, -0.25) is 4.98 Å². The van der Waals surface area contributed by atoms with Crippen molar-refractivity contribution in [2.75, 3.05) is 0 Å². The van der Waals surface area contributed by atoms with Crippen LogP contribution < -0.4 is 0 Å². The summed E-state index contributed by atoms with van der Waals surface area (Å²) in [6, 6.07) is 54.4. The molecule has 0 spiro atoms. The maximum Gasteiger partial charge on any atom is 0.182 e. The van der Waals surface area contributed by atoms with E-state index in [9.17, 15) is 0 Å². The third-order valence-corrected chi connectivity index (χ3v) is 8.70. The van der Waals surface area contributed by atoms with Crippen LogP contribution in [0, 0.1) is 0 Å². The number of nitrogens with zero attached hydrogens (tertiary/aromatic N) is 5. The number of pyridine rings is 1. The summed E-state index contributed by atoms with van der Waals surface area (Å²) in [5.74, 6) is 1.76. The smallest absolute Gasteiger partial charge is 0.182 e. The van der Waals surface area contributed by atoms with Gasteiger partial charge in [-0.1, -0.05) is 127 Å². The molecule has 6 aromatic carbocycles. The topological polar surface area (TPSA) is 56.5 Å². The predicted octanol–water partition coefficient (Wildman–Crippen LogP) is 10.2. The molecule has 9 aromatic rings. The highest BCUT2D eigenvalue weighted by Crippen LogP contribution is 2.39. The van der Waals surface area contributed by atoms with E-state index in [0.717, 1.165) is 27.8 Å². The Balaban J connectivity index is 1.21. The Labute approximate surface area is 271 Å². The fourth-order valence-electron chi connectivity index (χ4n) is 6.45. The third kappa shape index (κ3) is 4.73. The van der Waals surface area contributed by atoms with Crippen molar-refractivity contribution in [1.82, 2.24) is 24.5 Å². The molecule has 5 nitrogen and oxygen atoms in total. The van der Waals surface area contributed by atoms with E-state index in [0.29, 0.717) is 23.2 Å². The zero-order valence-electron chi connectivity index (χ0n) is 25.3. The van der Waals surface area contributed by atoms with Crippen LogP contribution in [0.25, 0.3) is 83.7 Å².